The van der Waals surface area contributed by atoms with E-state index in [4.69, 9.17) is 0 Å². The molecule has 0 fully saturated rings. The third-order valence-corrected chi connectivity index (χ3v) is 5.15. The fraction of sp³-hybridized carbons (Fsp3) is 0.955. The minimum atomic E-state index is 0.321. The van der Waals surface area contributed by atoms with Crippen LogP contribution in [0.25, 0.3) is 0 Å². The third-order valence-electron chi connectivity index (χ3n) is 5.15. The first-order valence-electron chi connectivity index (χ1n) is 10.8. The predicted molar refractivity (Wildman–Crippen MR) is 104 cm³/mol. The van der Waals surface area contributed by atoms with Gasteiger partial charge in [0, 0.05) is 5.92 Å². The van der Waals surface area contributed by atoms with Gasteiger partial charge in [-0.15, -0.1) is 0 Å². The lowest BCUT2D eigenvalue weighted by Gasteiger charge is -2.06. The molecule has 0 aromatic carbocycles. The van der Waals surface area contributed by atoms with Gasteiger partial charge in [-0.2, -0.15) is 0 Å². The Kier molecular flexibility index (Phi) is 19.4. The molecule has 0 aliphatic carbocycles. The summed E-state index contributed by atoms with van der Waals surface area (Å²) in [5, 5.41) is 0. The number of hydrogen-bond donors (Lipinski definition) is 0. The zero-order valence-corrected chi connectivity index (χ0v) is 16.3. The summed E-state index contributed by atoms with van der Waals surface area (Å²) in [5.41, 5.74) is 0. The fourth-order valence-electron chi connectivity index (χ4n) is 3.32. The van der Waals surface area contributed by atoms with Crippen LogP contribution in [-0.2, 0) is 4.79 Å². The lowest BCUT2D eigenvalue weighted by atomic mass is 9.99. The van der Waals surface area contributed by atoms with Crippen molar-refractivity contribution in [3.8, 4) is 0 Å². The molecule has 0 saturated carbocycles. The van der Waals surface area contributed by atoms with E-state index in [2.05, 4.69) is 13.8 Å². The first kappa shape index (κ1) is 22.7. The Labute approximate surface area is 147 Å². The zero-order valence-electron chi connectivity index (χ0n) is 16.3. The van der Waals surface area contributed by atoms with Crippen molar-refractivity contribution in [1.82, 2.24) is 0 Å². The van der Waals surface area contributed by atoms with Crippen molar-refractivity contribution in [2.24, 2.45) is 5.92 Å². The van der Waals surface area contributed by atoms with Crippen LogP contribution in [0.3, 0.4) is 0 Å². The molecule has 0 rings (SSSR count). The molecule has 0 saturated heterocycles. The number of hydrogen-bond acceptors (Lipinski definition) is 1. The first-order chi connectivity index (χ1) is 11.3. The molecule has 0 radical (unpaired) electrons. The van der Waals surface area contributed by atoms with Crippen LogP contribution in [0.1, 0.15) is 129 Å². The van der Waals surface area contributed by atoms with Crippen LogP contribution in [0.15, 0.2) is 0 Å². The summed E-state index contributed by atoms with van der Waals surface area (Å²) in [6.45, 7) is 4.40. The van der Waals surface area contributed by atoms with Gasteiger partial charge < -0.3 is 4.79 Å². The summed E-state index contributed by atoms with van der Waals surface area (Å²) in [6.07, 6.45) is 25.9. The lowest BCUT2D eigenvalue weighted by molar-refractivity contribution is -0.111. The van der Waals surface area contributed by atoms with Crippen molar-refractivity contribution in [3.05, 3.63) is 0 Å². The molecule has 1 atom stereocenters. The quantitative estimate of drug-likeness (QED) is 0.174. The molecule has 0 aliphatic heterocycles. The van der Waals surface area contributed by atoms with E-state index in [0.717, 1.165) is 19.1 Å². The standard InChI is InChI=1S/C22H44O/c1-3-5-6-7-8-9-10-11-12-13-14-15-16-17-18-19-20-22(4-2)21-23/h21-22H,3-20H2,1-2H3. The average molecular weight is 325 g/mol. The van der Waals surface area contributed by atoms with Crippen LogP contribution in [0.2, 0.25) is 0 Å². The lowest BCUT2D eigenvalue weighted by Crippen LogP contribution is -1.99. The van der Waals surface area contributed by atoms with E-state index in [9.17, 15) is 4.79 Å². The molecule has 0 amide bonds. The van der Waals surface area contributed by atoms with Crippen LogP contribution in [0.4, 0.5) is 0 Å². The van der Waals surface area contributed by atoms with Gasteiger partial charge in [0.15, 0.2) is 0 Å². The van der Waals surface area contributed by atoms with Gasteiger partial charge in [-0.25, -0.2) is 0 Å². The highest BCUT2D eigenvalue weighted by Crippen LogP contribution is 2.15. The smallest absolute Gasteiger partial charge is 0.123 e. The first-order valence-corrected chi connectivity index (χ1v) is 10.8. The summed E-state index contributed by atoms with van der Waals surface area (Å²) >= 11 is 0. The fourth-order valence-corrected chi connectivity index (χ4v) is 3.32. The molecule has 1 nitrogen and oxygen atoms in total. The van der Waals surface area contributed by atoms with Gasteiger partial charge in [0.05, 0.1) is 0 Å². The number of aldehydes is 1. The molecule has 0 aromatic rings. The van der Waals surface area contributed by atoms with E-state index in [1.807, 2.05) is 0 Å². The van der Waals surface area contributed by atoms with Gasteiger partial charge in [-0.1, -0.05) is 117 Å². The van der Waals surface area contributed by atoms with Gasteiger partial charge in [-0.3, -0.25) is 0 Å². The Morgan fingerprint density at radius 3 is 1.22 bits per heavy atom. The van der Waals surface area contributed by atoms with E-state index >= 15 is 0 Å². The maximum atomic E-state index is 10.7. The normalized spacial score (nSPS) is 12.4. The van der Waals surface area contributed by atoms with Gasteiger partial charge >= 0.3 is 0 Å². The highest BCUT2D eigenvalue weighted by atomic mass is 16.1. The van der Waals surface area contributed by atoms with E-state index in [1.54, 1.807) is 0 Å². The number of rotatable bonds is 19. The van der Waals surface area contributed by atoms with E-state index < -0.39 is 0 Å². The Bertz CT molecular complexity index is 224. The van der Waals surface area contributed by atoms with Gasteiger partial charge in [0.2, 0.25) is 0 Å². The van der Waals surface area contributed by atoms with Crippen LogP contribution in [0.5, 0.6) is 0 Å². The number of unbranched alkanes of at least 4 members (excludes halogenated alkanes) is 15. The minimum Gasteiger partial charge on any atom is -0.303 e. The predicted octanol–water partition coefficient (Wildman–Crippen LogP) is 7.86. The second-order valence-electron chi connectivity index (χ2n) is 7.40. The molecule has 0 bridgehead atoms. The van der Waals surface area contributed by atoms with Crippen molar-refractivity contribution in [3.63, 3.8) is 0 Å². The van der Waals surface area contributed by atoms with E-state index in [0.29, 0.717) is 5.92 Å². The molecule has 0 heterocycles. The van der Waals surface area contributed by atoms with Gasteiger partial charge in [0.25, 0.3) is 0 Å². The van der Waals surface area contributed by atoms with Crippen LogP contribution in [-0.4, -0.2) is 6.29 Å². The van der Waals surface area contributed by atoms with Crippen molar-refractivity contribution < 1.29 is 4.79 Å². The average Bonchev–Trinajstić information content (AvgIpc) is 2.58. The second-order valence-corrected chi connectivity index (χ2v) is 7.40. The third kappa shape index (κ3) is 17.9. The molecule has 0 spiro atoms. The largest absolute Gasteiger partial charge is 0.303 e. The molecule has 23 heavy (non-hydrogen) atoms. The van der Waals surface area contributed by atoms with Crippen molar-refractivity contribution in [1.29, 1.82) is 0 Å². The van der Waals surface area contributed by atoms with Crippen LogP contribution in [0, 0.1) is 5.92 Å². The van der Waals surface area contributed by atoms with Crippen molar-refractivity contribution >= 4 is 6.29 Å². The Morgan fingerprint density at radius 2 is 0.913 bits per heavy atom. The highest BCUT2D eigenvalue weighted by Gasteiger charge is 2.03. The second kappa shape index (κ2) is 19.7. The highest BCUT2D eigenvalue weighted by molar-refractivity contribution is 5.53. The Morgan fingerprint density at radius 1 is 0.565 bits per heavy atom. The monoisotopic (exact) mass is 324 g/mol. The molecule has 138 valence electrons. The summed E-state index contributed by atoms with van der Waals surface area (Å²) in [4.78, 5) is 10.7. The number of carbonyl (C=O) groups excluding carboxylic acids is 1. The van der Waals surface area contributed by atoms with Crippen LogP contribution >= 0.6 is 0 Å². The molecule has 1 unspecified atom stereocenters. The SMILES string of the molecule is CCCCCCCCCCCCCCCCCCC(C=O)CC. The molecule has 0 aromatic heterocycles. The van der Waals surface area contributed by atoms with Crippen molar-refractivity contribution in [2.75, 3.05) is 0 Å². The summed E-state index contributed by atoms with van der Waals surface area (Å²) in [5.74, 6) is 0.321. The summed E-state index contributed by atoms with van der Waals surface area (Å²) in [7, 11) is 0. The number of carbonyl (C=O) groups is 1. The molecule has 0 aliphatic rings. The maximum absolute atomic E-state index is 10.7. The maximum Gasteiger partial charge on any atom is 0.123 e. The topological polar surface area (TPSA) is 17.1 Å². The molecular weight excluding hydrogens is 280 g/mol. The Balaban J connectivity index is 3.04. The zero-order chi connectivity index (χ0) is 17.0. The Hall–Kier alpha value is -0.330. The molecule has 1 heteroatoms. The van der Waals surface area contributed by atoms with Gasteiger partial charge in [-0.05, 0) is 12.8 Å². The van der Waals surface area contributed by atoms with Crippen LogP contribution < -0.4 is 0 Å². The van der Waals surface area contributed by atoms with Crippen molar-refractivity contribution in [2.45, 2.75) is 129 Å². The summed E-state index contributed by atoms with van der Waals surface area (Å²) in [6, 6.07) is 0. The van der Waals surface area contributed by atoms with E-state index in [-0.39, 0.29) is 0 Å². The minimum absolute atomic E-state index is 0.321. The molecule has 0 N–H and O–H groups in total. The van der Waals surface area contributed by atoms with Gasteiger partial charge in [0.1, 0.15) is 6.29 Å². The van der Waals surface area contributed by atoms with E-state index in [1.165, 1.54) is 103 Å². The molecular formula is C22H44O. The summed E-state index contributed by atoms with van der Waals surface area (Å²) < 4.78 is 0.